The maximum absolute atomic E-state index is 11.9. The number of nitrogens with one attached hydrogen (secondary N) is 1. The summed E-state index contributed by atoms with van der Waals surface area (Å²) in [6.45, 7) is 5.81. The number of hydrogen-bond donors (Lipinski definition) is 1. The van der Waals surface area contributed by atoms with Crippen LogP contribution in [0.2, 0.25) is 0 Å². The lowest BCUT2D eigenvalue weighted by atomic mass is 10.1. The highest BCUT2D eigenvalue weighted by Crippen LogP contribution is 2.29. The fourth-order valence-corrected chi connectivity index (χ4v) is 2.74. The average molecular weight is 299 g/mol. The number of benzene rings is 1. The fraction of sp³-hybridized carbons (Fsp3) is 0.389. The van der Waals surface area contributed by atoms with Crippen molar-refractivity contribution in [3.63, 3.8) is 0 Å². The molecule has 1 aliphatic rings. The monoisotopic (exact) mass is 299 g/mol. The molecule has 4 nitrogen and oxygen atoms in total. The standard InChI is InChI=1S/C18H21NO3/c1-18(2,3)19-17(20)22-15-10-12-6-7-13(9-14(12)11-15)16-5-4-8-21-16/h4-9,15H,10-11H2,1-3H3,(H,19,20). The summed E-state index contributed by atoms with van der Waals surface area (Å²) in [5.41, 5.74) is 3.24. The molecule has 1 amide bonds. The first-order valence-electron chi connectivity index (χ1n) is 7.55. The van der Waals surface area contributed by atoms with Gasteiger partial charge in [-0.3, -0.25) is 0 Å². The highest BCUT2D eigenvalue weighted by Gasteiger charge is 2.26. The van der Waals surface area contributed by atoms with Crippen LogP contribution in [0.4, 0.5) is 4.79 Å². The van der Waals surface area contributed by atoms with Crippen molar-refractivity contribution in [3.05, 3.63) is 47.7 Å². The average Bonchev–Trinajstić information content (AvgIpc) is 3.03. The SMILES string of the molecule is CC(C)(C)NC(=O)OC1Cc2ccc(-c3ccco3)cc2C1. The van der Waals surface area contributed by atoms with E-state index >= 15 is 0 Å². The molecule has 0 saturated heterocycles. The summed E-state index contributed by atoms with van der Waals surface area (Å²) in [7, 11) is 0. The highest BCUT2D eigenvalue weighted by molar-refractivity contribution is 5.68. The number of furan rings is 1. The van der Waals surface area contributed by atoms with Gasteiger partial charge >= 0.3 is 6.09 Å². The molecule has 0 spiro atoms. The Bertz CT molecular complexity index is 668. The van der Waals surface area contributed by atoms with Crippen molar-refractivity contribution in [3.8, 4) is 11.3 Å². The first-order chi connectivity index (χ1) is 10.4. The molecule has 0 bridgehead atoms. The molecule has 0 fully saturated rings. The quantitative estimate of drug-likeness (QED) is 0.914. The van der Waals surface area contributed by atoms with Crippen molar-refractivity contribution in [2.45, 2.75) is 45.3 Å². The van der Waals surface area contributed by atoms with Crippen LogP contribution in [0.3, 0.4) is 0 Å². The number of carbonyl (C=O) groups is 1. The smallest absolute Gasteiger partial charge is 0.407 e. The third kappa shape index (κ3) is 3.32. The van der Waals surface area contributed by atoms with Gasteiger partial charge < -0.3 is 14.5 Å². The van der Waals surface area contributed by atoms with E-state index in [9.17, 15) is 4.79 Å². The molecule has 3 rings (SSSR count). The summed E-state index contributed by atoms with van der Waals surface area (Å²) in [4.78, 5) is 11.9. The van der Waals surface area contributed by atoms with E-state index in [1.165, 1.54) is 11.1 Å². The minimum Gasteiger partial charge on any atom is -0.464 e. The van der Waals surface area contributed by atoms with Crippen molar-refractivity contribution >= 4 is 6.09 Å². The first kappa shape index (κ1) is 14.7. The molecule has 1 unspecified atom stereocenters. The molecule has 1 aliphatic carbocycles. The molecule has 0 aliphatic heterocycles. The van der Waals surface area contributed by atoms with Crippen LogP contribution in [-0.2, 0) is 17.6 Å². The number of carbonyl (C=O) groups excluding carboxylic acids is 1. The number of rotatable bonds is 2. The topological polar surface area (TPSA) is 51.5 Å². The van der Waals surface area contributed by atoms with Gasteiger partial charge in [0.15, 0.2) is 0 Å². The van der Waals surface area contributed by atoms with Gasteiger partial charge in [-0.25, -0.2) is 4.79 Å². The molecule has 1 N–H and O–H groups in total. The number of alkyl carbamates (subject to hydrolysis) is 1. The van der Waals surface area contributed by atoms with Gasteiger partial charge in [-0.1, -0.05) is 12.1 Å². The van der Waals surface area contributed by atoms with E-state index in [0.29, 0.717) is 0 Å². The molecule has 0 radical (unpaired) electrons. The van der Waals surface area contributed by atoms with Gasteiger partial charge in [-0.05, 0) is 50.1 Å². The molecule has 0 saturated carbocycles. The summed E-state index contributed by atoms with van der Waals surface area (Å²) in [5.74, 6) is 0.859. The van der Waals surface area contributed by atoms with Crippen LogP contribution >= 0.6 is 0 Å². The van der Waals surface area contributed by atoms with Crippen LogP contribution < -0.4 is 5.32 Å². The molecule has 4 heteroatoms. The number of ether oxygens (including phenoxy) is 1. The molecule has 2 aromatic rings. The largest absolute Gasteiger partial charge is 0.464 e. The van der Waals surface area contributed by atoms with E-state index < -0.39 is 0 Å². The van der Waals surface area contributed by atoms with Gasteiger partial charge in [0.2, 0.25) is 0 Å². The molecule has 1 atom stereocenters. The Balaban J connectivity index is 1.67. The Morgan fingerprint density at radius 1 is 1.23 bits per heavy atom. The molecular formula is C18H21NO3. The molecule has 1 aromatic heterocycles. The van der Waals surface area contributed by atoms with Gasteiger partial charge in [0.25, 0.3) is 0 Å². The maximum atomic E-state index is 11.9. The van der Waals surface area contributed by atoms with Crippen molar-refractivity contribution < 1.29 is 13.9 Å². The predicted molar refractivity (Wildman–Crippen MR) is 84.7 cm³/mol. The number of fused-ring (bicyclic) bond motifs is 1. The van der Waals surface area contributed by atoms with Crippen LogP contribution in [0.15, 0.2) is 41.0 Å². The second-order valence-corrected chi connectivity index (χ2v) is 6.77. The van der Waals surface area contributed by atoms with Crippen molar-refractivity contribution in [2.24, 2.45) is 0 Å². The van der Waals surface area contributed by atoms with E-state index in [4.69, 9.17) is 9.15 Å². The van der Waals surface area contributed by atoms with Crippen LogP contribution in [-0.4, -0.2) is 17.7 Å². The van der Waals surface area contributed by atoms with Crippen LogP contribution in [0.25, 0.3) is 11.3 Å². The Labute approximate surface area is 130 Å². The Morgan fingerprint density at radius 3 is 2.68 bits per heavy atom. The second kappa shape index (κ2) is 5.52. The van der Waals surface area contributed by atoms with Gasteiger partial charge in [0.05, 0.1) is 6.26 Å². The first-order valence-corrected chi connectivity index (χ1v) is 7.55. The van der Waals surface area contributed by atoms with Crippen molar-refractivity contribution in [1.82, 2.24) is 5.32 Å². The highest BCUT2D eigenvalue weighted by atomic mass is 16.6. The summed E-state index contributed by atoms with van der Waals surface area (Å²) >= 11 is 0. The van der Waals surface area contributed by atoms with E-state index in [2.05, 4.69) is 23.5 Å². The van der Waals surface area contributed by atoms with Gasteiger partial charge in [0, 0.05) is 23.9 Å². The fourth-order valence-electron chi connectivity index (χ4n) is 2.74. The Hall–Kier alpha value is -2.23. The van der Waals surface area contributed by atoms with Gasteiger partial charge in [-0.2, -0.15) is 0 Å². The minimum absolute atomic E-state index is 0.0933. The van der Waals surface area contributed by atoms with Crippen molar-refractivity contribution in [2.75, 3.05) is 0 Å². The lowest BCUT2D eigenvalue weighted by Crippen LogP contribution is -2.42. The molecular weight excluding hydrogens is 278 g/mol. The zero-order valence-corrected chi connectivity index (χ0v) is 13.2. The van der Waals surface area contributed by atoms with Gasteiger partial charge in [0.1, 0.15) is 11.9 Å². The zero-order chi connectivity index (χ0) is 15.7. The van der Waals surface area contributed by atoms with E-state index in [1.54, 1.807) is 6.26 Å². The molecule has 22 heavy (non-hydrogen) atoms. The lowest BCUT2D eigenvalue weighted by molar-refractivity contribution is 0.0961. The maximum Gasteiger partial charge on any atom is 0.407 e. The van der Waals surface area contributed by atoms with Crippen LogP contribution in [0.1, 0.15) is 31.9 Å². The molecule has 116 valence electrons. The van der Waals surface area contributed by atoms with E-state index in [-0.39, 0.29) is 17.7 Å². The Kier molecular flexibility index (Phi) is 3.69. The molecule has 1 aromatic carbocycles. The normalized spacial score (nSPS) is 17.1. The van der Waals surface area contributed by atoms with Gasteiger partial charge in [-0.15, -0.1) is 0 Å². The van der Waals surface area contributed by atoms with Crippen molar-refractivity contribution in [1.29, 1.82) is 0 Å². The lowest BCUT2D eigenvalue weighted by Gasteiger charge is -2.21. The third-order valence-electron chi connectivity index (χ3n) is 3.66. The summed E-state index contributed by atoms with van der Waals surface area (Å²) < 4.78 is 11.0. The van der Waals surface area contributed by atoms with E-state index in [1.807, 2.05) is 32.9 Å². The summed E-state index contributed by atoms with van der Waals surface area (Å²) in [6, 6.07) is 10.1. The second-order valence-electron chi connectivity index (χ2n) is 6.77. The predicted octanol–water partition coefficient (Wildman–Crippen LogP) is 3.94. The van der Waals surface area contributed by atoms with Crippen LogP contribution in [0.5, 0.6) is 0 Å². The Morgan fingerprint density at radius 2 is 2.00 bits per heavy atom. The zero-order valence-electron chi connectivity index (χ0n) is 13.2. The van der Waals surface area contributed by atoms with E-state index in [0.717, 1.165) is 24.2 Å². The molecule has 1 heterocycles. The summed E-state index contributed by atoms with van der Waals surface area (Å²) in [6.07, 6.45) is 2.75. The minimum atomic E-state index is -0.350. The number of hydrogen-bond acceptors (Lipinski definition) is 3. The third-order valence-corrected chi connectivity index (χ3v) is 3.66. The van der Waals surface area contributed by atoms with Crippen LogP contribution in [0, 0.1) is 0 Å². The number of amides is 1. The summed E-state index contributed by atoms with van der Waals surface area (Å²) in [5, 5.41) is 2.83.